The molecule has 1 aliphatic rings. The number of anilines is 1. The SMILES string of the molecule is CN(C)c1ccc(C(=O)N2CCOC(c3ccc(Br)cc3)C2)cc1F. The minimum atomic E-state index is -0.395. The van der Waals surface area contributed by atoms with Gasteiger partial charge in [0.1, 0.15) is 11.9 Å². The molecule has 1 saturated heterocycles. The molecule has 1 amide bonds. The van der Waals surface area contributed by atoms with Crippen LogP contribution in [0.15, 0.2) is 46.9 Å². The molecule has 2 aromatic rings. The summed E-state index contributed by atoms with van der Waals surface area (Å²) >= 11 is 3.41. The molecule has 1 heterocycles. The molecule has 0 saturated carbocycles. The molecule has 1 aliphatic heterocycles. The normalized spacial score (nSPS) is 17.4. The van der Waals surface area contributed by atoms with Gasteiger partial charge in [-0.15, -0.1) is 0 Å². The van der Waals surface area contributed by atoms with Crippen LogP contribution in [0, 0.1) is 5.82 Å². The topological polar surface area (TPSA) is 32.8 Å². The van der Waals surface area contributed by atoms with Gasteiger partial charge in [0.25, 0.3) is 5.91 Å². The van der Waals surface area contributed by atoms with Crippen molar-refractivity contribution in [2.24, 2.45) is 0 Å². The largest absolute Gasteiger partial charge is 0.375 e. The molecule has 1 unspecified atom stereocenters. The van der Waals surface area contributed by atoms with Gasteiger partial charge in [-0.05, 0) is 35.9 Å². The van der Waals surface area contributed by atoms with Crippen LogP contribution in [0.5, 0.6) is 0 Å². The summed E-state index contributed by atoms with van der Waals surface area (Å²) in [5, 5.41) is 0. The number of halogens is 2. The third kappa shape index (κ3) is 4.02. The van der Waals surface area contributed by atoms with Crippen LogP contribution in [-0.4, -0.2) is 44.6 Å². The van der Waals surface area contributed by atoms with Crippen molar-refractivity contribution >= 4 is 27.5 Å². The second kappa shape index (κ2) is 7.54. The average molecular weight is 407 g/mol. The third-order valence-corrected chi connectivity index (χ3v) is 4.80. The Hall–Kier alpha value is -1.92. The fourth-order valence-corrected chi connectivity index (χ4v) is 3.16. The van der Waals surface area contributed by atoms with Crippen molar-refractivity contribution in [1.29, 1.82) is 0 Å². The maximum Gasteiger partial charge on any atom is 0.254 e. The van der Waals surface area contributed by atoms with Crippen LogP contribution in [0.4, 0.5) is 10.1 Å². The lowest BCUT2D eigenvalue weighted by atomic mass is 10.1. The van der Waals surface area contributed by atoms with Gasteiger partial charge in [0.15, 0.2) is 0 Å². The van der Waals surface area contributed by atoms with Crippen LogP contribution in [0.2, 0.25) is 0 Å². The van der Waals surface area contributed by atoms with E-state index in [1.165, 1.54) is 6.07 Å². The Morgan fingerprint density at radius 3 is 2.60 bits per heavy atom. The molecule has 6 heteroatoms. The van der Waals surface area contributed by atoms with Gasteiger partial charge in [0, 0.05) is 30.7 Å². The minimum absolute atomic E-state index is 0.170. The van der Waals surface area contributed by atoms with Crippen molar-refractivity contribution in [3.05, 3.63) is 63.9 Å². The second-order valence-corrected chi connectivity index (χ2v) is 7.14. The van der Waals surface area contributed by atoms with Crippen molar-refractivity contribution in [1.82, 2.24) is 4.90 Å². The Balaban J connectivity index is 1.75. The van der Waals surface area contributed by atoms with E-state index in [0.717, 1.165) is 10.0 Å². The van der Waals surface area contributed by atoms with E-state index < -0.39 is 5.82 Å². The monoisotopic (exact) mass is 406 g/mol. The lowest BCUT2D eigenvalue weighted by Gasteiger charge is -2.33. The zero-order chi connectivity index (χ0) is 18.0. The lowest BCUT2D eigenvalue weighted by molar-refractivity contribution is -0.0228. The van der Waals surface area contributed by atoms with Gasteiger partial charge in [0.05, 0.1) is 18.8 Å². The van der Waals surface area contributed by atoms with Crippen molar-refractivity contribution in [3.8, 4) is 0 Å². The quantitative estimate of drug-likeness (QED) is 0.775. The van der Waals surface area contributed by atoms with E-state index >= 15 is 0 Å². The molecule has 3 rings (SSSR count). The molecule has 1 atom stereocenters. The Kier molecular flexibility index (Phi) is 5.39. The summed E-state index contributed by atoms with van der Waals surface area (Å²) in [6.07, 6.45) is -0.170. The Labute approximate surface area is 155 Å². The fraction of sp³-hybridized carbons (Fsp3) is 0.316. The van der Waals surface area contributed by atoms with Gasteiger partial charge in [-0.2, -0.15) is 0 Å². The van der Waals surface area contributed by atoms with Crippen LogP contribution in [0.25, 0.3) is 0 Å². The van der Waals surface area contributed by atoms with Gasteiger partial charge < -0.3 is 14.5 Å². The highest BCUT2D eigenvalue weighted by Crippen LogP contribution is 2.25. The average Bonchev–Trinajstić information content (AvgIpc) is 2.61. The number of carbonyl (C=O) groups is 1. The van der Waals surface area contributed by atoms with E-state index in [2.05, 4.69) is 15.9 Å². The molecule has 25 heavy (non-hydrogen) atoms. The second-order valence-electron chi connectivity index (χ2n) is 6.22. The van der Waals surface area contributed by atoms with Crippen molar-refractivity contribution in [2.75, 3.05) is 38.7 Å². The van der Waals surface area contributed by atoms with Crippen LogP contribution in [0.3, 0.4) is 0 Å². The summed E-state index contributed by atoms with van der Waals surface area (Å²) in [5.41, 5.74) is 1.85. The van der Waals surface area contributed by atoms with E-state index in [9.17, 15) is 9.18 Å². The summed E-state index contributed by atoms with van der Waals surface area (Å²) in [5.74, 6) is -0.566. The fourth-order valence-electron chi connectivity index (χ4n) is 2.90. The molecule has 0 aromatic heterocycles. The third-order valence-electron chi connectivity index (χ3n) is 4.27. The van der Waals surface area contributed by atoms with E-state index in [4.69, 9.17) is 4.74 Å². The first-order valence-corrected chi connectivity index (χ1v) is 8.88. The molecular formula is C19H20BrFN2O2. The molecule has 2 aromatic carbocycles. The number of benzene rings is 2. The Morgan fingerprint density at radius 2 is 1.96 bits per heavy atom. The summed E-state index contributed by atoms with van der Waals surface area (Å²) in [7, 11) is 3.54. The number of ether oxygens (including phenoxy) is 1. The van der Waals surface area contributed by atoms with Crippen molar-refractivity contribution in [2.45, 2.75) is 6.10 Å². The zero-order valence-corrected chi connectivity index (χ0v) is 15.8. The van der Waals surface area contributed by atoms with Crippen molar-refractivity contribution in [3.63, 3.8) is 0 Å². The number of hydrogen-bond donors (Lipinski definition) is 0. The lowest BCUT2D eigenvalue weighted by Crippen LogP contribution is -2.42. The molecular weight excluding hydrogens is 387 g/mol. The summed E-state index contributed by atoms with van der Waals surface area (Å²) in [6, 6.07) is 12.5. The number of nitrogens with zero attached hydrogens (tertiary/aromatic N) is 2. The summed E-state index contributed by atoms with van der Waals surface area (Å²) in [4.78, 5) is 16.2. The van der Waals surface area contributed by atoms with Gasteiger partial charge in [-0.1, -0.05) is 28.1 Å². The highest BCUT2D eigenvalue weighted by atomic mass is 79.9. The molecule has 0 bridgehead atoms. The molecule has 0 aliphatic carbocycles. The predicted octanol–water partition coefficient (Wildman–Crippen LogP) is 3.87. The van der Waals surface area contributed by atoms with Gasteiger partial charge in [0.2, 0.25) is 0 Å². The maximum atomic E-state index is 14.2. The number of rotatable bonds is 3. The Bertz CT molecular complexity index is 765. The van der Waals surface area contributed by atoms with Crippen LogP contribution in [0.1, 0.15) is 22.0 Å². The smallest absolute Gasteiger partial charge is 0.254 e. The molecule has 132 valence electrons. The van der Waals surface area contributed by atoms with E-state index in [-0.39, 0.29) is 12.0 Å². The van der Waals surface area contributed by atoms with E-state index in [1.54, 1.807) is 36.0 Å². The zero-order valence-electron chi connectivity index (χ0n) is 14.2. The number of carbonyl (C=O) groups excluding carboxylic acids is 1. The minimum Gasteiger partial charge on any atom is -0.375 e. The number of morpholine rings is 1. The first-order chi connectivity index (χ1) is 12.0. The standard InChI is InChI=1S/C19H20BrFN2O2/c1-22(2)17-8-5-14(11-16(17)21)19(24)23-9-10-25-18(12-23)13-3-6-15(20)7-4-13/h3-8,11,18H,9-10,12H2,1-2H3. The molecule has 0 spiro atoms. The summed E-state index contributed by atoms with van der Waals surface area (Å²) in [6.45, 7) is 1.42. The molecule has 4 nitrogen and oxygen atoms in total. The summed E-state index contributed by atoms with van der Waals surface area (Å²) < 4.78 is 21.0. The first-order valence-electron chi connectivity index (χ1n) is 8.09. The van der Waals surface area contributed by atoms with E-state index in [0.29, 0.717) is 30.9 Å². The van der Waals surface area contributed by atoms with Gasteiger partial charge in [-0.25, -0.2) is 4.39 Å². The van der Waals surface area contributed by atoms with Gasteiger partial charge in [-0.3, -0.25) is 4.79 Å². The molecule has 0 N–H and O–H groups in total. The first kappa shape index (κ1) is 17.9. The van der Waals surface area contributed by atoms with Crippen LogP contribution >= 0.6 is 15.9 Å². The maximum absolute atomic E-state index is 14.2. The Morgan fingerprint density at radius 1 is 1.24 bits per heavy atom. The highest BCUT2D eigenvalue weighted by Gasteiger charge is 2.26. The molecule has 0 radical (unpaired) electrons. The van der Waals surface area contributed by atoms with Crippen LogP contribution in [-0.2, 0) is 4.74 Å². The predicted molar refractivity (Wildman–Crippen MR) is 99.5 cm³/mol. The van der Waals surface area contributed by atoms with Crippen molar-refractivity contribution < 1.29 is 13.9 Å². The van der Waals surface area contributed by atoms with Crippen LogP contribution < -0.4 is 4.90 Å². The number of hydrogen-bond acceptors (Lipinski definition) is 3. The van der Waals surface area contributed by atoms with E-state index in [1.807, 2.05) is 24.3 Å². The highest BCUT2D eigenvalue weighted by molar-refractivity contribution is 9.10. The van der Waals surface area contributed by atoms with Gasteiger partial charge >= 0.3 is 0 Å². The molecule has 1 fully saturated rings. The number of amides is 1.